The van der Waals surface area contributed by atoms with Crippen LogP contribution in [-0.4, -0.2) is 23.5 Å². The predicted molar refractivity (Wildman–Crippen MR) is 79.4 cm³/mol. The third kappa shape index (κ3) is 2.90. The molecule has 1 amide bonds. The Bertz CT molecular complexity index is 469. The fourth-order valence-electron chi connectivity index (χ4n) is 1.86. The van der Waals surface area contributed by atoms with Gasteiger partial charge in [0, 0.05) is 12.7 Å². The molecule has 0 saturated carbocycles. The van der Waals surface area contributed by atoms with Gasteiger partial charge in [-0.3, -0.25) is 9.78 Å². The maximum absolute atomic E-state index is 11.8. The summed E-state index contributed by atoms with van der Waals surface area (Å²) in [5.41, 5.74) is 3.07. The zero-order valence-electron chi connectivity index (χ0n) is 10.8. The molecule has 4 nitrogen and oxygen atoms in total. The summed E-state index contributed by atoms with van der Waals surface area (Å²) in [6, 6.07) is 1.78. The fraction of sp³-hybridized carbons (Fsp3) is 0.385. The number of allylic oxidation sites excluding steroid dienone is 1. The van der Waals surface area contributed by atoms with Crippen molar-refractivity contribution in [3.8, 4) is 0 Å². The van der Waals surface area contributed by atoms with Gasteiger partial charge in [0.2, 0.25) is 5.91 Å². The molecule has 0 fully saturated rings. The van der Waals surface area contributed by atoms with E-state index < -0.39 is 0 Å². The van der Waals surface area contributed by atoms with Crippen LogP contribution in [0.15, 0.2) is 30.1 Å². The predicted octanol–water partition coefficient (Wildman–Crippen LogP) is 2.77. The Labute approximate surface area is 118 Å². The van der Waals surface area contributed by atoms with Crippen molar-refractivity contribution in [2.24, 2.45) is 0 Å². The molecule has 1 N–H and O–H groups in total. The second-order valence-electron chi connectivity index (χ2n) is 4.49. The molecule has 5 heteroatoms. The fourth-order valence-corrected chi connectivity index (χ4v) is 1.86. The molecule has 0 saturated heterocycles. The number of nitrogens with one attached hydrogen (secondary N) is 1. The van der Waals surface area contributed by atoms with E-state index >= 15 is 0 Å². The molecule has 98 valence electrons. The number of carbonyl (C=O) groups excluding carboxylic acids is 1. The Morgan fingerprint density at radius 2 is 2.28 bits per heavy atom. The SMILES string of the molecule is Br.CC(C)=CCN1c2ccncc2NC(=O)[C@@H]1C. The zero-order valence-corrected chi connectivity index (χ0v) is 12.5. The standard InChI is InChI=1S/C13H17N3O.BrH/c1-9(2)5-7-16-10(3)13(17)15-11-8-14-6-4-12(11)16;/h4-6,8,10H,7H2,1-3H3,(H,15,17);1H/t10-;/m0./s1. The largest absolute Gasteiger partial charge is 0.354 e. The summed E-state index contributed by atoms with van der Waals surface area (Å²) in [5, 5.41) is 2.86. The normalized spacial score (nSPS) is 17.4. The zero-order chi connectivity index (χ0) is 12.4. The summed E-state index contributed by atoms with van der Waals surface area (Å²) < 4.78 is 0. The third-order valence-electron chi connectivity index (χ3n) is 2.91. The second-order valence-corrected chi connectivity index (χ2v) is 4.49. The lowest BCUT2D eigenvalue weighted by Crippen LogP contribution is -2.46. The van der Waals surface area contributed by atoms with E-state index in [0.29, 0.717) is 0 Å². The van der Waals surface area contributed by atoms with Crippen molar-refractivity contribution in [1.29, 1.82) is 0 Å². The highest BCUT2D eigenvalue weighted by molar-refractivity contribution is 8.93. The molecule has 18 heavy (non-hydrogen) atoms. The van der Waals surface area contributed by atoms with Crippen LogP contribution in [0.2, 0.25) is 0 Å². The van der Waals surface area contributed by atoms with Crippen molar-refractivity contribution < 1.29 is 4.79 Å². The molecule has 1 aromatic rings. The van der Waals surface area contributed by atoms with Crippen LogP contribution < -0.4 is 10.2 Å². The average molecular weight is 312 g/mol. The van der Waals surface area contributed by atoms with Crippen LogP contribution in [0.25, 0.3) is 0 Å². The summed E-state index contributed by atoms with van der Waals surface area (Å²) in [6.45, 7) is 6.77. The number of pyridine rings is 1. The number of halogens is 1. The topological polar surface area (TPSA) is 45.2 Å². The first-order chi connectivity index (χ1) is 8.09. The number of fused-ring (bicyclic) bond motifs is 1. The molecule has 1 aromatic heterocycles. The minimum Gasteiger partial charge on any atom is -0.354 e. The molecule has 2 rings (SSSR count). The molecule has 0 unspecified atom stereocenters. The van der Waals surface area contributed by atoms with Crippen LogP contribution in [0.5, 0.6) is 0 Å². The molecule has 0 bridgehead atoms. The molecule has 0 aliphatic carbocycles. The molecular weight excluding hydrogens is 294 g/mol. The molecule has 0 spiro atoms. The van der Waals surface area contributed by atoms with E-state index in [9.17, 15) is 4.79 Å². The van der Waals surface area contributed by atoms with Gasteiger partial charge in [0.1, 0.15) is 6.04 Å². The Morgan fingerprint density at radius 1 is 1.56 bits per heavy atom. The third-order valence-corrected chi connectivity index (χ3v) is 2.91. The number of rotatable bonds is 2. The maximum Gasteiger partial charge on any atom is 0.246 e. The highest BCUT2D eigenvalue weighted by atomic mass is 79.9. The van der Waals surface area contributed by atoms with Crippen LogP contribution in [0.4, 0.5) is 11.4 Å². The van der Waals surface area contributed by atoms with Crippen molar-refractivity contribution >= 4 is 34.3 Å². The van der Waals surface area contributed by atoms with Gasteiger partial charge in [0.25, 0.3) is 0 Å². The Kier molecular flexibility index (Phi) is 4.90. The molecule has 1 atom stereocenters. The summed E-state index contributed by atoms with van der Waals surface area (Å²) in [4.78, 5) is 17.9. The van der Waals surface area contributed by atoms with Crippen molar-refractivity contribution in [2.75, 3.05) is 16.8 Å². The van der Waals surface area contributed by atoms with Gasteiger partial charge >= 0.3 is 0 Å². The Balaban J connectivity index is 0.00000162. The Hall–Kier alpha value is -1.36. The van der Waals surface area contributed by atoms with E-state index in [1.165, 1.54) is 5.57 Å². The Morgan fingerprint density at radius 3 is 2.94 bits per heavy atom. The lowest BCUT2D eigenvalue weighted by atomic mass is 10.1. The van der Waals surface area contributed by atoms with Crippen LogP contribution in [0, 0.1) is 0 Å². The van der Waals surface area contributed by atoms with Crippen molar-refractivity contribution in [3.63, 3.8) is 0 Å². The molecule has 1 aliphatic rings. The smallest absolute Gasteiger partial charge is 0.246 e. The maximum atomic E-state index is 11.8. The monoisotopic (exact) mass is 311 g/mol. The molecule has 1 aliphatic heterocycles. The van der Waals surface area contributed by atoms with Crippen molar-refractivity contribution in [1.82, 2.24) is 4.98 Å². The number of amides is 1. The van der Waals surface area contributed by atoms with Gasteiger partial charge in [-0.2, -0.15) is 0 Å². The summed E-state index contributed by atoms with van der Waals surface area (Å²) in [7, 11) is 0. The summed E-state index contributed by atoms with van der Waals surface area (Å²) >= 11 is 0. The van der Waals surface area contributed by atoms with Crippen LogP contribution >= 0.6 is 17.0 Å². The summed E-state index contributed by atoms with van der Waals surface area (Å²) in [6.07, 6.45) is 5.56. The van der Waals surface area contributed by atoms with E-state index in [1.54, 1.807) is 12.4 Å². The van der Waals surface area contributed by atoms with Gasteiger partial charge in [0.05, 0.1) is 17.6 Å². The van der Waals surface area contributed by atoms with Gasteiger partial charge in [-0.1, -0.05) is 11.6 Å². The van der Waals surface area contributed by atoms with Crippen LogP contribution in [0.3, 0.4) is 0 Å². The van der Waals surface area contributed by atoms with Crippen LogP contribution in [-0.2, 0) is 4.79 Å². The second kappa shape index (κ2) is 6.00. The minimum atomic E-state index is -0.152. The number of aromatic nitrogens is 1. The van der Waals surface area contributed by atoms with Gasteiger partial charge < -0.3 is 10.2 Å². The number of nitrogens with zero attached hydrogens (tertiary/aromatic N) is 2. The molecule has 2 heterocycles. The van der Waals surface area contributed by atoms with Gasteiger partial charge in [-0.25, -0.2) is 0 Å². The van der Waals surface area contributed by atoms with E-state index in [-0.39, 0.29) is 28.9 Å². The first-order valence-electron chi connectivity index (χ1n) is 5.74. The van der Waals surface area contributed by atoms with Gasteiger partial charge in [-0.15, -0.1) is 17.0 Å². The number of hydrogen-bond donors (Lipinski definition) is 1. The summed E-state index contributed by atoms with van der Waals surface area (Å²) in [5.74, 6) is 0.0210. The minimum absolute atomic E-state index is 0. The van der Waals surface area contributed by atoms with Gasteiger partial charge in [0.15, 0.2) is 0 Å². The highest BCUT2D eigenvalue weighted by Crippen LogP contribution is 2.30. The molecule has 0 aromatic carbocycles. The van der Waals surface area contributed by atoms with Crippen molar-refractivity contribution in [3.05, 3.63) is 30.1 Å². The van der Waals surface area contributed by atoms with Crippen molar-refractivity contribution in [2.45, 2.75) is 26.8 Å². The molecule has 0 radical (unpaired) electrons. The average Bonchev–Trinajstić information content (AvgIpc) is 2.29. The lowest BCUT2D eigenvalue weighted by Gasteiger charge is -2.35. The van der Waals surface area contributed by atoms with Crippen LogP contribution in [0.1, 0.15) is 20.8 Å². The first kappa shape index (κ1) is 14.7. The van der Waals surface area contributed by atoms with E-state index in [1.807, 2.05) is 13.0 Å². The first-order valence-corrected chi connectivity index (χ1v) is 5.74. The van der Waals surface area contributed by atoms with E-state index in [4.69, 9.17) is 0 Å². The number of hydrogen-bond acceptors (Lipinski definition) is 3. The number of anilines is 2. The quantitative estimate of drug-likeness (QED) is 0.854. The lowest BCUT2D eigenvalue weighted by molar-refractivity contribution is -0.117. The molecular formula is C13H18BrN3O. The van der Waals surface area contributed by atoms with E-state index in [0.717, 1.165) is 17.9 Å². The highest BCUT2D eigenvalue weighted by Gasteiger charge is 2.28. The van der Waals surface area contributed by atoms with E-state index in [2.05, 4.69) is 35.1 Å². The van der Waals surface area contributed by atoms with Gasteiger partial charge in [-0.05, 0) is 26.8 Å². The number of carbonyl (C=O) groups is 1.